The van der Waals surface area contributed by atoms with Crippen molar-refractivity contribution in [3.8, 4) is 0 Å². The molecule has 1 amide bonds. The van der Waals surface area contributed by atoms with Crippen molar-refractivity contribution in [2.45, 2.75) is 448 Å². The lowest BCUT2D eigenvalue weighted by atomic mass is 9.99. The van der Waals surface area contributed by atoms with Gasteiger partial charge in [0.1, 0.15) is 24.4 Å². The van der Waals surface area contributed by atoms with Crippen LogP contribution in [0.5, 0.6) is 0 Å². The Bertz CT molecular complexity index is 1260. The van der Waals surface area contributed by atoms with Gasteiger partial charge in [-0.1, -0.05) is 386 Å². The summed E-state index contributed by atoms with van der Waals surface area (Å²) >= 11 is 0. The second-order valence-electron chi connectivity index (χ2n) is 26.5. The summed E-state index contributed by atoms with van der Waals surface area (Å²) in [6.45, 7) is 3.91. The highest BCUT2D eigenvalue weighted by atomic mass is 16.7. The number of unbranched alkanes of at least 4 members (excludes halogenated alkanes) is 57. The predicted molar refractivity (Wildman–Crippen MR) is 351 cm³/mol. The third-order valence-electron chi connectivity index (χ3n) is 18.5. The number of amides is 1. The summed E-state index contributed by atoms with van der Waals surface area (Å²) in [5.41, 5.74) is 0. The Morgan fingerprint density at radius 3 is 0.866 bits per heavy atom. The lowest BCUT2D eigenvalue weighted by Gasteiger charge is -2.40. The van der Waals surface area contributed by atoms with Crippen molar-refractivity contribution >= 4 is 5.91 Å². The zero-order valence-electron chi connectivity index (χ0n) is 55.0. The Hall–Kier alpha value is -0.810. The van der Waals surface area contributed by atoms with Gasteiger partial charge in [-0.2, -0.15) is 0 Å². The summed E-state index contributed by atoms with van der Waals surface area (Å²) in [6.07, 6.45) is 73.4. The molecule has 1 heterocycles. The van der Waals surface area contributed by atoms with E-state index in [-0.39, 0.29) is 12.5 Å². The minimum absolute atomic E-state index is 0.130. The van der Waals surface area contributed by atoms with Crippen molar-refractivity contribution in [1.82, 2.24) is 5.32 Å². The Morgan fingerprint density at radius 2 is 0.610 bits per heavy atom. The van der Waals surface area contributed by atoms with Gasteiger partial charge in [-0.05, 0) is 12.8 Å². The van der Waals surface area contributed by atoms with E-state index in [1.54, 1.807) is 0 Å². The maximum atomic E-state index is 13.2. The van der Waals surface area contributed by atoms with E-state index in [0.717, 1.165) is 38.5 Å². The number of aliphatic hydroxyl groups excluding tert-OH is 5. The van der Waals surface area contributed by atoms with Crippen LogP contribution in [0, 0.1) is 0 Å². The molecule has 9 nitrogen and oxygen atoms in total. The number of aliphatic hydroxyl groups is 5. The summed E-state index contributed by atoms with van der Waals surface area (Å²) in [6, 6.07) is -0.715. The monoisotopic (exact) mass is 1160 g/mol. The molecule has 1 fully saturated rings. The van der Waals surface area contributed by atoms with Crippen LogP contribution in [0.3, 0.4) is 0 Å². The molecule has 7 unspecified atom stereocenters. The van der Waals surface area contributed by atoms with E-state index in [9.17, 15) is 30.3 Å². The van der Waals surface area contributed by atoms with Crippen LogP contribution in [0.1, 0.15) is 406 Å². The molecule has 490 valence electrons. The molecule has 82 heavy (non-hydrogen) atoms. The van der Waals surface area contributed by atoms with E-state index >= 15 is 0 Å². The van der Waals surface area contributed by atoms with Crippen LogP contribution in [0.4, 0.5) is 0 Å². The summed E-state index contributed by atoms with van der Waals surface area (Å²) in [7, 11) is 0. The van der Waals surface area contributed by atoms with Gasteiger partial charge in [0.05, 0.1) is 25.4 Å². The molecule has 0 aromatic rings. The summed E-state index contributed by atoms with van der Waals surface area (Å²) in [4.78, 5) is 13.2. The van der Waals surface area contributed by atoms with Crippen LogP contribution >= 0.6 is 0 Å². The molecule has 0 aliphatic carbocycles. The summed E-state index contributed by atoms with van der Waals surface area (Å²) < 4.78 is 11.4. The zero-order valence-corrected chi connectivity index (χ0v) is 55.0. The van der Waals surface area contributed by atoms with Crippen molar-refractivity contribution < 1.29 is 39.8 Å². The van der Waals surface area contributed by atoms with Crippen molar-refractivity contribution in [3.05, 3.63) is 0 Å². The fourth-order valence-electron chi connectivity index (χ4n) is 12.6. The quantitative estimate of drug-likeness (QED) is 0.0330. The lowest BCUT2D eigenvalue weighted by molar-refractivity contribution is -0.302. The normalized spacial score (nSPS) is 18.2. The average molecular weight is 1160 g/mol. The topological polar surface area (TPSA) is 149 Å². The molecular formula is C73H145NO8. The molecule has 0 spiro atoms. The number of hydrogen-bond acceptors (Lipinski definition) is 8. The molecule has 1 saturated heterocycles. The van der Waals surface area contributed by atoms with Gasteiger partial charge in [0.25, 0.3) is 0 Å². The van der Waals surface area contributed by atoms with Crippen LogP contribution in [0.2, 0.25) is 0 Å². The molecule has 0 saturated carbocycles. The molecule has 0 aromatic carbocycles. The van der Waals surface area contributed by atoms with E-state index < -0.39 is 49.5 Å². The first-order valence-electron chi connectivity index (χ1n) is 37.2. The first-order valence-corrected chi connectivity index (χ1v) is 37.2. The molecule has 6 N–H and O–H groups in total. The standard InChI is InChI=1S/C73H145NO8/c1-3-5-7-9-11-13-15-17-19-21-23-25-27-29-30-31-32-33-34-35-36-37-38-39-41-43-45-47-49-51-53-55-57-59-61-63-69(77)74-66(65-81-73-72(80)71(79)70(78)68(64-75)82-73)67(76)62-60-58-56-54-52-50-48-46-44-42-40-28-26-24-22-20-18-16-14-12-10-8-6-4-2/h66-68,70-73,75-76,78-80H,3-65H2,1-2H3,(H,74,77). The average Bonchev–Trinajstić information content (AvgIpc) is 3.52. The third kappa shape index (κ3) is 51.3. The SMILES string of the molecule is CCCCCCCCCCCCCCCCCCCCCCCCCCCCCCCCCCCCCC(=O)NC(COC1OC(CO)C(O)C(O)C1O)C(O)CCCCCCCCCCCCCCCCCCCCCCCCCC. The van der Waals surface area contributed by atoms with E-state index in [1.165, 1.54) is 340 Å². The fourth-order valence-corrected chi connectivity index (χ4v) is 12.6. The predicted octanol–water partition coefficient (Wildman–Crippen LogP) is 20.5. The number of nitrogens with one attached hydrogen (secondary N) is 1. The number of rotatable bonds is 67. The highest BCUT2D eigenvalue weighted by molar-refractivity contribution is 5.76. The van der Waals surface area contributed by atoms with Gasteiger partial charge in [-0.15, -0.1) is 0 Å². The van der Waals surface area contributed by atoms with E-state index in [2.05, 4.69) is 19.2 Å². The van der Waals surface area contributed by atoms with Crippen LogP contribution in [-0.4, -0.2) is 87.5 Å². The molecule has 1 aliphatic heterocycles. The lowest BCUT2D eigenvalue weighted by Crippen LogP contribution is -2.60. The van der Waals surface area contributed by atoms with Crippen LogP contribution in [0.15, 0.2) is 0 Å². The Labute approximate surface area is 510 Å². The molecule has 0 bridgehead atoms. The molecule has 0 radical (unpaired) electrons. The Morgan fingerprint density at radius 1 is 0.366 bits per heavy atom. The molecule has 7 atom stereocenters. The van der Waals surface area contributed by atoms with Gasteiger partial charge < -0.3 is 40.3 Å². The second-order valence-corrected chi connectivity index (χ2v) is 26.5. The van der Waals surface area contributed by atoms with E-state index in [1.807, 2.05) is 0 Å². The first kappa shape index (κ1) is 79.2. The smallest absolute Gasteiger partial charge is 0.220 e. The minimum atomic E-state index is -1.55. The van der Waals surface area contributed by atoms with Crippen LogP contribution in [0.25, 0.3) is 0 Å². The molecule has 0 aromatic heterocycles. The maximum Gasteiger partial charge on any atom is 0.220 e. The highest BCUT2D eigenvalue weighted by Gasteiger charge is 2.44. The molecule has 1 rings (SSSR count). The Kier molecular flexibility index (Phi) is 61.1. The highest BCUT2D eigenvalue weighted by Crippen LogP contribution is 2.24. The zero-order chi connectivity index (χ0) is 59.3. The third-order valence-corrected chi connectivity index (χ3v) is 18.5. The summed E-state index contributed by atoms with van der Waals surface area (Å²) in [5, 5.41) is 55.0. The molecular weight excluding hydrogens is 1020 g/mol. The molecule has 9 heteroatoms. The van der Waals surface area contributed by atoms with Gasteiger partial charge in [0.15, 0.2) is 6.29 Å². The van der Waals surface area contributed by atoms with Crippen molar-refractivity contribution in [3.63, 3.8) is 0 Å². The van der Waals surface area contributed by atoms with Crippen LogP contribution in [-0.2, 0) is 14.3 Å². The Balaban J connectivity index is 2.05. The fraction of sp³-hybridized carbons (Fsp3) is 0.986. The number of ether oxygens (including phenoxy) is 2. The van der Waals surface area contributed by atoms with Gasteiger partial charge in [0.2, 0.25) is 5.91 Å². The number of carbonyl (C=O) groups excluding carboxylic acids is 1. The number of carbonyl (C=O) groups is 1. The molecule has 1 aliphatic rings. The van der Waals surface area contributed by atoms with E-state index in [0.29, 0.717) is 12.8 Å². The second kappa shape index (κ2) is 63.2. The number of hydrogen-bond donors (Lipinski definition) is 6. The van der Waals surface area contributed by atoms with Gasteiger partial charge in [0, 0.05) is 6.42 Å². The van der Waals surface area contributed by atoms with Crippen molar-refractivity contribution in [1.29, 1.82) is 0 Å². The largest absolute Gasteiger partial charge is 0.394 e. The van der Waals surface area contributed by atoms with Crippen LogP contribution < -0.4 is 5.32 Å². The van der Waals surface area contributed by atoms with Gasteiger partial charge in [-0.3, -0.25) is 4.79 Å². The van der Waals surface area contributed by atoms with Crippen molar-refractivity contribution in [2.75, 3.05) is 13.2 Å². The van der Waals surface area contributed by atoms with Gasteiger partial charge >= 0.3 is 0 Å². The first-order chi connectivity index (χ1) is 40.3. The van der Waals surface area contributed by atoms with E-state index in [4.69, 9.17) is 9.47 Å². The van der Waals surface area contributed by atoms with Gasteiger partial charge in [-0.25, -0.2) is 0 Å². The summed E-state index contributed by atoms with van der Waals surface area (Å²) in [5.74, 6) is -0.132. The minimum Gasteiger partial charge on any atom is -0.394 e. The van der Waals surface area contributed by atoms with Crippen molar-refractivity contribution in [2.24, 2.45) is 0 Å². The maximum absolute atomic E-state index is 13.2.